The number of aliphatic hydroxyl groups is 1. The fourth-order valence-corrected chi connectivity index (χ4v) is 2.65. The van der Waals surface area contributed by atoms with Gasteiger partial charge in [-0.2, -0.15) is 0 Å². The first-order valence-corrected chi connectivity index (χ1v) is 6.36. The summed E-state index contributed by atoms with van der Waals surface area (Å²) in [5, 5.41) is 24.0. The van der Waals surface area contributed by atoms with Gasteiger partial charge in [-0.05, 0) is 28.3 Å². The first kappa shape index (κ1) is 13.3. The van der Waals surface area contributed by atoms with E-state index in [2.05, 4.69) is 5.32 Å². The Morgan fingerprint density at radius 2 is 1.95 bits per heavy atom. The predicted octanol–water partition coefficient (Wildman–Crippen LogP) is 2.62. The van der Waals surface area contributed by atoms with Crippen LogP contribution >= 0.6 is 0 Å². The van der Waals surface area contributed by atoms with Crippen LogP contribution < -0.4 is 5.32 Å². The summed E-state index contributed by atoms with van der Waals surface area (Å²) in [5.74, 6) is -0.400. The number of anilines is 1. The summed E-state index contributed by atoms with van der Waals surface area (Å²) in [6, 6.07) is 10.1. The van der Waals surface area contributed by atoms with Gasteiger partial charge in [0, 0.05) is 13.0 Å². The molecule has 1 aliphatic rings. The Kier molecular flexibility index (Phi) is 2.95. The van der Waals surface area contributed by atoms with Gasteiger partial charge in [-0.15, -0.1) is 0 Å². The molecule has 1 amide bonds. The van der Waals surface area contributed by atoms with Crippen LogP contribution in [0, 0.1) is 10.1 Å². The molecule has 1 atom stereocenters. The number of fused-ring (bicyclic) bond motifs is 3. The lowest BCUT2D eigenvalue weighted by atomic mass is 10.0. The van der Waals surface area contributed by atoms with Gasteiger partial charge in [0.15, 0.2) is 0 Å². The fraction of sp³-hybridized carbons (Fsp3) is 0.133. The van der Waals surface area contributed by atoms with E-state index in [9.17, 15) is 20.0 Å². The minimum atomic E-state index is -0.843. The summed E-state index contributed by atoms with van der Waals surface area (Å²) >= 11 is 0. The van der Waals surface area contributed by atoms with Crippen molar-refractivity contribution in [3.8, 4) is 11.1 Å². The summed E-state index contributed by atoms with van der Waals surface area (Å²) in [6.45, 7) is 1.28. The highest BCUT2D eigenvalue weighted by Gasteiger charge is 2.30. The number of aliphatic hydroxyl groups excluding tert-OH is 1. The van der Waals surface area contributed by atoms with Crippen molar-refractivity contribution < 1.29 is 14.8 Å². The molecule has 3 rings (SSSR count). The van der Waals surface area contributed by atoms with Gasteiger partial charge in [-0.1, -0.05) is 24.3 Å². The standard InChI is InChI=1S/C15H12N2O4/c1-8(18)16-13-6-12-11(7-14(13)17(20)21)9-4-2-3-5-10(9)15(12)19/h2-7,15,19H,1H3,(H,16,18)/t15-/m0/s1. The van der Waals surface area contributed by atoms with Crippen molar-refractivity contribution in [3.05, 3.63) is 57.6 Å². The van der Waals surface area contributed by atoms with Crippen molar-refractivity contribution in [3.63, 3.8) is 0 Å². The Morgan fingerprint density at radius 1 is 1.24 bits per heavy atom. The quantitative estimate of drug-likeness (QED) is 0.655. The van der Waals surface area contributed by atoms with Crippen LogP contribution in [0.15, 0.2) is 36.4 Å². The van der Waals surface area contributed by atoms with E-state index >= 15 is 0 Å². The lowest BCUT2D eigenvalue weighted by Gasteiger charge is -2.09. The summed E-state index contributed by atoms with van der Waals surface area (Å²) < 4.78 is 0. The van der Waals surface area contributed by atoms with Crippen molar-refractivity contribution in [1.29, 1.82) is 0 Å². The predicted molar refractivity (Wildman–Crippen MR) is 76.9 cm³/mol. The van der Waals surface area contributed by atoms with Crippen LogP contribution in [-0.4, -0.2) is 15.9 Å². The maximum atomic E-state index is 11.2. The minimum absolute atomic E-state index is 0.0955. The van der Waals surface area contributed by atoms with Crippen molar-refractivity contribution in [2.45, 2.75) is 13.0 Å². The summed E-state index contributed by atoms with van der Waals surface area (Å²) in [4.78, 5) is 21.8. The van der Waals surface area contributed by atoms with Crippen molar-refractivity contribution in [2.24, 2.45) is 0 Å². The molecular formula is C15H12N2O4. The molecule has 0 saturated carbocycles. The van der Waals surface area contributed by atoms with Crippen LogP contribution in [0.3, 0.4) is 0 Å². The molecule has 2 N–H and O–H groups in total. The van der Waals surface area contributed by atoms with E-state index < -0.39 is 16.9 Å². The van der Waals surface area contributed by atoms with Crippen molar-refractivity contribution in [1.82, 2.24) is 0 Å². The molecular weight excluding hydrogens is 272 g/mol. The SMILES string of the molecule is CC(=O)Nc1cc2c(cc1[N+](=O)[O-])-c1ccccc1[C@@H]2O. The zero-order valence-electron chi connectivity index (χ0n) is 11.2. The average Bonchev–Trinajstić information content (AvgIpc) is 2.71. The third-order valence-corrected chi connectivity index (χ3v) is 3.52. The number of carbonyl (C=O) groups is 1. The van der Waals surface area contributed by atoms with Crippen molar-refractivity contribution in [2.75, 3.05) is 5.32 Å². The molecule has 2 aromatic rings. The first-order valence-electron chi connectivity index (χ1n) is 6.36. The minimum Gasteiger partial charge on any atom is -0.384 e. The highest BCUT2D eigenvalue weighted by atomic mass is 16.6. The van der Waals surface area contributed by atoms with E-state index in [1.165, 1.54) is 19.1 Å². The van der Waals surface area contributed by atoms with Gasteiger partial charge in [0.25, 0.3) is 5.69 Å². The Balaban J connectivity index is 2.24. The first-order chi connectivity index (χ1) is 9.99. The van der Waals surface area contributed by atoms with Gasteiger partial charge in [0.1, 0.15) is 11.8 Å². The van der Waals surface area contributed by atoms with Gasteiger partial charge < -0.3 is 10.4 Å². The lowest BCUT2D eigenvalue weighted by Crippen LogP contribution is -2.09. The number of hydrogen-bond donors (Lipinski definition) is 2. The molecule has 0 radical (unpaired) electrons. The highest BCUT2D eigenvalue weighted by Crippen LogP contribution is 2.46. The molecule has 106 valence electrons. The zero-order valence-corrected chi connectivity index (χ0v) is 11.2. The maximum Gasteiger partial charge on any atom is 0.293 e. The second-order valence-electron chi connectivity index (χ2n) is 4.88. The number of nitrogens with zero attached hydrogens (tertiary/aromatic N) is 1. The molecule has 0 spiro atoms. The number of hydrogen-bond acceptors (Lipinski definition) is 4. The Hall–Kier alpha value is -2.73. The van der Waals surface area contributed by atoms with Crippen LogP contribution in [0.25, 0.3) is 11.1 Å². The molecule has 6 nitrogen and oxygen atoms in total. The molecule has 1 aliphatic carbocycles. The van der Waals surface area contributed by atoms with E-state index in [0.717, 1.165) is 5.56 Å². The largest absolute Gasteiger partial charge is 0.384 e. The van der Waals surface area contributed by atoms with Crippen LogP contribution in [0.5, 0.6) is 0 Å². The molecule has 2 aromatic carbocycles. The van der Waals surface area contributed by atoms with Crippen LogP contribution in [0.2, 0.25) is 0 Å². The van der Waals surface area contributed by atoms with E-state index in [-0.39, 0.29) is 11.4 Å². The monoisotopic (exact) mass is 284 g/mol. The van der Waals surface area contributed by atoms with Gasteiger partial charge >= 0.3 is 0 Å². The molecule has 0 aliphatic heterocycles. The third-order valence-electron chi connectivity index (χ3n) is 3.52. The van der Waals surface area contributed by atoms with E-state index in [0.29, 0.717) is 16.7 Å². The van der Waals surface area contributed by atoms with Gasteiger partial charge in [-0.3, -0.25) is 14.9 Å². The molecule has 0 saturated heterocycles. The van der Waals surface area contributed by atoms with Crippen molar-refractivity contribution >= 4 is 17.3 Å². The summed E-state index contributed by atoms with van der Waals surface area (Å²) in [7, 11) is 0. The Bertz CT molecular complexity index is 770. The Labute approximate surface area is 120 Å². The number of benzene rings is 2. The summed E-state index contributed by atoms with van der Waals surface area (Å²) in [6.07, 6.45) is -0.843. The average molecular weight is 284 g/mol. The number of nitrogens with one attached hydrogen (secondary N) is 1. The number of rotatable bonds is 2. The number of amides is 1. The lowest BCUT2D eigenvalue weighted by molar-refractivity contribution is -0.383. The fourth-order valence-electron chi connectivity index (χ4n) is 2.65. The van der Waals surface area contributed by atoms with Crippen LogP contribution in [-0.2, 0) is 4.79 Å². The van der Waals surface area contributed by atoms with Gasteiger partial charge in [-0.25, -0.2) is 0 Å². The maximum absolute atomic E-state index is 11.2. The smallest absolute Gasteiger partial charge is 0.293 e. The molecule has 6 heteroatoms. The van der Waals surface area contributed by atoms with E-state index in [1.807, 2.05) is 12.1 Å². The molecule has 21 heavy (non-hydrogen) atoms. The van der Waals surface area contributed by atoms with E-state index in [1.54, 1.807) is 12.1 Å². The molecule has 0 heterocycles. The van der Waals surface area contributed by atoms with Gasteiger partial charge in [0.05, 0.1) is 4.92 Å². The Morgan fingerprint density at radius 3 is 2.62 bits per heavy atom. The van der Waals surface area contributed by atoms with Crippen LogP contribution in [0.1, 0.15) is 24.2 Å². The van der Waals surface area contributed by atoms with Crippen LogP contribution in [0.4, 0.5) is 11.4 Å². The topological polar surface area (TPSA) is 92.5 Å². The van der Waals surface area contributed by atoms with Gasteiger partial charge in [0.2, 0.25) is 5.91 Å². The number of nitro benzene ring substituents is 1. The third kappa shape index (κ3) is 2.05. The molecule has 0 bridgehead atoms. The van der Waals surface area contributed by atoms with E-state index in [4.69, 9.17) is 0 Å². The molecule has 0 aromatic heterocycles. The second kappa shape index (κ2) is 4.68. The second-order valence-corrected chi connectivity index (χ2v) is 4.88. The number of carbonyl (C=O) groups excluding carboxylic acids is 1. The normalized spacial score (nSPS) is 15.2. The highest BCUT2D eigenvalue weighted by molar-refractivity contribution is 5.93. The number of nitro groups is 1. The molecule has 0 unspecified atom stereocenters. The summed E-state index contributed by atoms with van der Waals surface area (Å²) in [5.41, 5.74) is 2.58. The molecule has 0 fully saturated rings. The zero-order chi connectivity index (χ0) is 15.1.